The lowest BCUT2D eigenvalue weighted by Gasteiger charge is -2.48. The van der Waals surface area contributed by atoms with Crippen LogP contribution in [0, 0.1) is 35.4 Å². The van der Waals surface area contributed by atoms with Crippen LogP contribution < -0.4 is 4.90 Å². The van der Waals surface area contributed by atoms with E-state index in [4.69, 9.17) is 28.4 Å². The van der Waals surface area contributed by atoms with Crippen molar-refractivity contribution in [2.24, 2.45) is 5.92 Å². The third-order valence-corrected chi connectivity index (χ3v) is 8.95. The number of amides is 1. The molecule has 2 aliphatic heterocycles. The van der Waals surface area contributed by atoms with Gasteiger partial charge in [-0.3, -0.25) is 14.4 Å². The van der Waals surface area contributed by atoms with Crippen LogP contribution in [0.25, 0.3) is 0 Å². The highest BCUT2D eigenvalue weighted by Gasteiger charge is 2.48. The summed E-state index contributed by atoms with van der Waals surface area (Å²) < 4.78 is 47.5. The Labute approximate surface area is 316 Å². The molecule has 0 saturated carbocycles. The van der Waals surface area contributed by atoms with E-state index in [-0.39, 0.29) is 25.2 Å². The fourth-order valence-corrected chi connectivity index (χ4v) is 6.33. The molecule has 0 aromatic heterocycles. The van der Waals surface area contributed by atoms with Crippen LogP contribution in [-0.2, 0) is 42.8 Å². The average Bonchev–Trinajstić information content (AvgIpc) is 3.14. The number of anilines is 1. The Morgan fingerprint density at radius 3 is 2.04 bits per heavy atom. The highest BCUT2D eigenvalue weighted by molar-refractivity contribution is 6.03. The monoisotopic (exact) mass is 739 g/mol. The molecule has 10 nitrogen and oxygen atoms in total. The molecule has 2 aliphatic rings. The predicted octanol–water partition coefficient (Wildman–Crippen LogP) is 6.80. The summed E-state index contributed by atoms with van der Waals surface area (Å²) in [7, 11) is 0. The van der Waals surface area contributed by atoms with Crippen LogP contribution in [0.15, 0.2) is 72.8 Å². The van der Waals surface area contributed by atoms with Crippen molar-refractivity contribution in [3.63, 3.8) is 0 Å². The van der Waals surface area contributed by atoms with Crippen LogP contribution in [0.1, 0.15) is 88.8 Å². The highest BCUT2D eigenvalue weighted by atomic mass is 19.1. The summed E-state index contributed by atoms with van der Waals surface area (Å²) in [5, 5.41) is 0. The number of rotatable bonds is 12. The summed E-state index contributed by atoms with van der Waals surface area (Å²) in [4.78, 5) is 39.6. The molecule has 2 saturated heterocycles. The fourth-order valence-electron chi connectivity index (χ4n) is 6.33. The maximum Gasteiger partial charge on any atom is 0.304 e. The summed E-state index contributed by atoms with van der Waals surface area (Å²) in [5.74, 6) is 9.52. The second kappa shape index (κ2) is 17.9. The predicted molar refractivity (Wildman–Crippen MR) is 198 cm³/mol. The van der Waals surface area contributed by atoms with Crippen molar-refractivity contribution in [2.45, 2.75) is 84.2 Å². The first-order valence-corrected chi connectivity index (χ1v) is 18.0. The molecule has 2 heterocycles. The first kappa shape index (κ1) is 40.2. The molecule has 0 radical (unpaired) electrons. The Hall–Kier alpha value is -5.04. The Balaban J connectivity index is 1.41. The van der Waals surface area contributed by atoms with E-state index < -0.39 is 47.5 Å². The lowest BCUT2D eigenvalue weighted by atomic mass is 9.78. The number of esters is 2. The van der Waals surface area contributed by atoms with Crippen molar-refractivity contribution in [2.75, 3.05) is 31.3 Å². The molecule has 1 amide bonds. The molecule has 0 N–H and O–H groups in total. The highest BCUT2D eigenvalue weighted by Crippen LogP contribution is 2.46. The van der Waals surface area contributed by atoms with Crippen LogP contribution in [0.3, 0.4) is 0 Å². The lowest BCUT2D eigenvalue weighted by molar-refractivity contribution is -0.291. The fraction of sp³-hybridized carbons (Fsp3) is 0.419. The molecule has 3 aromatic carbocycles. The molecule has 11 heteroatoms. The summed E-state index contributed by atoms with van der Waals surface area (Å²) in [6.45, 7) is 11.0. The number of halogens is 1. The van der Waals surface area contributed by atoms with Crippen molar-refractivity contribution < 1.29 is 47.2 Å². The summed E-state index contributed by atoms with van der Waals surface area (Å²) in [5.41, 5.74) is 2.35. The molecular formula is C43H46FNO9. The number of carbonyl (C=O) groups excluding carboxylic acids is 3. The zero-order valence-corrected chi connectivity index (χ0v) is 31.5. The SMILES string of the molecule is CCOC(C#Cc1ccc(N2C(=O)[C@H](CC[C@@H](OC(C)=O)c3ccc(F)cc3)[C@H]2c2ccc(C#CC3(OC(C)=O)COC(C)(C)OC3)cc2)cc1)OCC. The molecular weight excluding hydrogens is 693 g/mol. The minimum absolute atomic E-state index is 0.0573. The van der Waals surface area contributed by atoms with Crippen molar-refractivity contribution in [1.82, 2.24) is 0 Å². The maximum absolute atomic E-state index is 13.9. The van der Waals surface area contributed by atoms with Gasteiger partial charge in [0.2, 0.25) is 17.8 Å². The Kier molecular flexibility index (Phi) is 13.3. The molecule has 284 valence electrons. The van der Waals surface area contributed by atoms with E-state index >= 15 is 0 Å². The van der Waals surface area contributed by atoms with E-state index in [9.17, 15) is 18.8 Å². The Morgan fingerprint density at radius 2 is 1.46 bits per heavy atom. The normalized spacial score (nSPS) is 19.0. The number of hydrogen-bond acceptors (Lipinski definition) is 9. The van der Waals surface area contributed by atoms with E-state index in [1.165, 1.54) is 26.0 Å². The summed E-state index contributed by atoms with van der Waals surface area (Å²) in [6, 6.07) is 20.4. The van der Waals surface area contributed by atoms with E-state index in [0.717, 1.165) is 11.1 Å². The molecule has 0 unspecified atom stereocenters. The van der Waals surface area contributed by atoms with Gasteiger partial charge in [0.25, 0.3) is 0 Å². The second-order valence-electron chi connectivity index (χ2n) is 13.5. The Bertz CT molecular complexity index is 1890. The number of carbonyl (C=O) groups is 3. The van der Waals surface area contributed by atoms with Crippen molar-refractivity contribution in [3.05, 3.63) is 101 Å². The number of β-lactam (4-membered cyclic amide) rings is 1. The van der Waals surface area contributed by atoms with E-state index in [2.05, 4.69) is 23.7 Å². The van der Waals surface area contributed by atoms with Gasteiger partial charge in [-0.2, -0.15) is 0 Å². The first-order valence-electron chi connectivity index (χ1n) is 18.0. The molecule has 0 bridgehead atoms. The third kappa shape index (κ3) is 10.3. The molecule has 2 fully saturated rings. The number of nitrogens with zero attached hydrogens (tertiary/aromatic N) is 1. The molecule has 3 atom stereocenters. The van der Waals surface area contributed by atoms with Crippen LogP contribution in [0.4, 0.5) is 10.1 Å². The standard InChI is InChI=1S/C43H46FNO9/c1-7-49-39(50-8-2)24-13-31-11-20-36(21-12-31)45-40(37(41(45)48)22-23-38(53-29(3)46)33-16-18-35(44)19-17-33)34-14-9-32(10-15-34)25-26-43(54-30(4)47)27-51-42(5,6)52-28-43/h9-12,14-21,37-40H,7-8,22-23,27-28H2,1-6H3/t37-,38-,40-/m1/s1. The topological polar surface area (TPSA) is 110 Å². The second-order valence-corrected chi connectivity index (χ2v) is 13.5. The Morgan fingerprint density at radius 1 is 0.870 bits per heavy atom. The zero-order valence-electron chi connectivity index (χ0n) is 31.5. The van der Waals surface area contributed by atoms with Gasteiger partial charge in [-0.1, -0.05) is 36.1 Å². The van der Waals surface area contributed by atoms with Crippen molar-refractivity contribution >= 4 is 23.5 Å². The van der Waals surface area contributed by atoms with E-state index in [0.29, 0.717) is 42.9 Å². The quantitative estimate of drug-likeness (QED) is 0.0858. The van der Waals surface area contributed by atoms with E-state index in [1.54, 1.807) is 30.9 Å². The average molecular weight is 740 g/mol. The third-order valence-electron chi connectivity index (χ3n) is 8.95. The van der Waals surface area contributed by atoms with Gasteiger partial charge >= 0.3 is 11.9 Å². The summed E-state index contributed by atoms with van der Waals surface area (Å²) >= 11 is 0. The van der Waals surface area contributed by atoms with Crippen LogP contribution in [0.5, 0.6) is 0 Å². The van der Waals surface area contributed by atoms with Crippen molar-refractivity contribution in [1.29, 1.82) is 0 Å². The van der Waals surface area contributed by atoms with Gasteiger partial charge in [0, 0.05) is 43.9 Å². The zero-order chi connectivity index (χ0) is 38.9. The van der Waals surface area contributed by atoms with Crippen LogP contribution >= 0.6 is 0 Å². The van der Waals surface area contributed by atoms with Gasteiger partial charge in [-0.25, -0.2) is 4.39 Å². The minimum Gasteiger partial charge on any atom is -0.458 e. The van der Waals surface area contributed by atoms with Gasteiger partial charge in [-0.15, -0.1) is 0 Å². The van der Waals surface area contributed by atoms with E-state index in [1.807, 2.05) is 62.4 Å². The molecule has 3 aromatic rings. The lowest BCUT2D eigenvalue weighted by Crippen LogP contribution is -2.55. The maximum atomic E-state index is 13.9. The van der Waals surface area contributed by atoms with Gasteiger partial charge in [0.05, 0.1) is 12.0 Å². The number of ether oxygens (including phenoxy) is 6. The van der Waals surface area contributed by atoms with Gasteiger partial charge < -0.3 is 33.3 Å². The number of benzene rings is 3. The minimum atomic E-state index is -1.26. The van der Waals surface area contributed by atoms with Gasteiger partial charge in [0.1, 0.15) is 25.1 Å². The molecule has 0 aliphatic carbocycles. The van der Waals surface area contributed by atoms with Gasteiger partial charge in [0.15, 0.2) is 5.79 Å². The van der Waals surface area contributed by atoms with Crippen LogP contribution in [0.2, 0.25) is 0 Å². The van der Waals surface area contributed by atoms with Crippen molar-refractivity contribution in [3.8, 4) is 23.7 Å². The van der Waals surface area contributed by atoms with Crippen LogP contribution in [-0.4, -0.2) is 62.0 Å². The molecule has 0 spiro atoms. The smallest absolute Gasteiger partial charge is 0.304 e. The molecule has 54 heavy (non-hydrogen) atoms. The first-order chi connectivity index (χ1) is 25.8. The summed E-state index contributed by atoms with van der Waals surface area (Å²) in [6.07, 6.45) is -0.535. The molecule has 5 rings (SSSR count). The van der Waals surface area contributed by atoms with Gasteiger partial charge in [-0.05, 0) is 112 Å². The number of hydrogen-bond donors (Lipinski definition) is 0. The largest absolute Gasteiger partial charge is 0.458 e.